The zero-order valence-electron chi connectivity index (χ0n) is 18.1. The summed E-state index contributed by atoms with van der Waals surface area (Å²) in [7, 11) is 1.47. The molecule has 0 saturated heterocycles. The molecule has 3 rings (SSSR count). The van der Waals surface area contributed by atoms with Gasteiger partial charge in [0.1, 0.15) is 17.7 Å². The van der Waals surface area contributed by atoms with Crippen LogP contribution in [0.5, 0.6) is 5.75 Å². The highest BCUT2D eigenvalue weighted by Crippen LogP contribution is 2.53. The van der Waals surface area contributed by atoms with Gasteiger partial charge in [0.2, 0.25) is 0 Å². The van der Waals surface area contributed by atoms with Crippen molar-refractivity contribution in [3.05, 3.63) is 28.8 Å². The summed E-state index contributed by atoms with van der Waals surface area (Å²) in [5.74, 6) is -0.195. The van der Waals surface area contributed by atoms with Gasteiger partial charge >= 0.3 is 6.09 Å². The zero-order valence-corrected chi connectivity index (χ0v) is 19.6. The van der Waals surface area contributed by atoms with E-state index in [0.29, 0.717) is 18.4 Å². The Labute approximate surface area is 189 Å². The number of amides is 1. The van der Waals surface area contributed by atoms with Crippen molar-refractivity contribution in [2.45, 2.75) is 45.8 Å². The fourth-order valence-corrected chi connectivity index (χ4v) is 4.97. The molecule has 0 aromatic heterocycles. The Kier molecular flexibility index (Phi) is 6.98. The SMILES string of the molecule is CNS(=O)N(CC=O)c1c(O)ccc(C2=CC(C3(C)CC3)N(C(=O)OC(C)C)C2)c1Cl. The average Bonchev–Trinajstić information content (AvgIpc) is 3.29. The number of rotatable bonds is 8. The lowest BCUT2D eigenvalue weighted by Gasteiger charge is -2.29. The molecule has 1 aromatic rings. The zero-order chi connectivity index (χ0) is 22.9. The van der Waals surface area contributed by atoms with Gasteiger partial charge in [-0.2, -0.15) is 0 Å². The van der Waals surface area contributed by atoms with E-state index < -0.39 is 11.2 Å². The first-order valence-electron chi connectivity index (χ1n) is 10.1. The smallest absolute Gasteiger partial charge is 0.410 e. The molecule has 1 aromatic carbocycles. The number of phenols is 1. The number of ether oxygens (including phenoxy) is 1. The maximum atomic E-state index is 12.7. The first-order chi connectivity index (χ1) is 14.6. The third-order valence-corrected chi connectivity index (χ3v) is 7.13. The fraction of sp³-hybridized carbons (Fsp3) is 0.524. The van der Waals surface area contributed by atoms with Crippen LogP contribution in [-0.2, 0) is 20.7 Å². The molecule has 1 aliphatic heterocycles. The van der Waals surface area contributed by atoms with E-state index in [2.05, 4.69) is 11.6 Å². The van der Waals surface area contributed by atoms with Crippen LogP contribution in [0.4, 0.5) is 10.5 Å². The highest BCUT2D eigenvalue weighted by atomic mass is 35.5. The molecule has 10 heteroatoms. The Balaban J connectivity index is 2.01. The van der Waals surface area contributed by atoms with E-state index in [4.69, 9.17) is 16.3 Å². The summed E-state index contributed by atoms with van der Waals surface area (Å²) < 4.78 is 21.6. The second-order valence-electron chi connectivity index (χ2n) is 8.33. The normalized spacial score (nSPS) is 20.4. The lowest BCUT2D eigenvalue weighted by Crippen LogP contribution is -2.41. The van der Waals surface area contributed by atoms with E-state index >= 15 is 0 Å². The third kappa shape index (κ3) is 4.73. The van der Waals surface area contributed by atoms with Crippen LogP contribution in [0.1, 0.15) is 39.2 Å². The summed E-state index contributed by atoms with van der Waals surface area (Å²) in [4.78, 5) is 25.6. The molecule has 2 N–H and O–H groups in total. The maximum Gasteiger partial charge on any atom is 0.410 e. The lowest BCUT2D eigenvalue weighted by atomic mass is 9.97. The molecule has 0 spiro atoms. The van der Waals surface area contributed by atoms with E-state index in [9.17, 15) is 18.9 Å². The van der Waals surface area contributed by atoms with Crippen LogP contribution in [0, 0.1) is 5.41 Å². The number of anilines is 1. The molecule has 0 bridgehead atoms. The van der Waals surface area contributed by atoms with Crippen molar-refractivity contribution in [2.75, 3.05) is 24.4 Å². The van der Waals surface area contributed by atoms with Crippen LogP contribution in [0.25, 0.3) is 5.57 Å². The van der Waals surface area contributed by atoms with Crippen molar-refractivity contribution in [2.24, 2.45) is 5.41 Å². The van der Waals surface area contributed by atoms with E-state index in [0.717, 1.165) is 18.4 Å². The second-order valence-corrected chi connectivity index (χ2v) is 10.1. The number of nitrogens with one attached hydrogen (secondary N) is 1. The molecular weight excluding hydrogens is 442 g/mol. The standard InChI is InChI=1S/C21H28ClN3O5S/c1-13(2)30-20(28)24-12-14(11-17(24)21(3)7-8-21)15-5-6-16(27)19(18(15)22)25(9-10-26)31(29)23-4/h5-6,10-11,13,17,23,27H,7-9,12H2,1-4H3. The van der Waals surface area contributed by atoms with Gasteiger partial charge in [0.05, 0.1) is 30.3 Å². The van der Waals surface area contributed by atoms with Crippen molar-refractivity contribution >= 4 is 46.4 Å². The summed E-state index contributed by atoms with van der Waals surface area (Å²) in [6.07, 6.45) is 4.01. The quantitative estimate of drug-likeness (QED) is 0.569. The molecule has 2 aliphatic rings. The Morgan fingerprint density at radius 3 is 2.71 bits per heavy atom. The molecule has 1 aliphatic carbocycles. The van der Waals surface area contributed by atoms with Gasteiger partial charge in [0.15, 0.2) is 11.2 Å². The summed E-state index contributed by atoms with van der Waals surface area (Å²) in [6.45, 7) is 5.83. The topological polar surface area (TPSA) is 99.2 Å². The van der Waals surface area contributed by atoms with Gasteiger partial charge in [-0.25, -0.2) is 13.7 Å². The first-order valence-corrected chi connectivity index (χ1v) is 11.6. The van der Waals surface area contributed by atoms with E-state index in [1.165, 1.54) is 17.4 Å². The van der Waals surface area contributed by atoms with Gasteiger partial charge in [-0.1, -0.05) is 24.6 Å². The largest absolute Gasteiger partial charge is 0.506 e. The van der Waals surface area contributed by atoms with Gasteiger partial charge in [-0.15, -0.1) is 0 Å². The Hall–Kier alpha value is -2.10. The number of aromatic hydroxyl groups is 1. The van der Waals surface area contributed by atoms with E-state index in [-0.39, 0.29) is 46.7 Å². The molecule has 2 atom stereocenters. The molecule has 1 saturated carbocycles. The van der Waals surface area contributed by atoms with Crippen molar-refractivity contribution in [3.63, 3.8) is 0 Å². The predicted octanol–water partition coefficient (Wildman–Crippen LogP) is 3.26. The summed E-state index contributed by atoms with van der Waals surface area (Å²) in [6, 6.07) is 2.99. The molecule has 1 fully saturated rings. The number of halogens is 1. The predicted molar refractivity (Wildman–Crippen MR) is 121 cm³/mol. The van der Waals surface area contributed by atoms with Gasteiger partial charge in [-0.3, -0.25) is 9.21 Å². The highest BCUT2D eigenvalue weighted by molar-refractivity contribution is 7.84. The van der Waals surface area contributed by atoms with E-state index in [1.807, 2.05) is 19.9 Å². The second kappa shape index (κ2) is 9.18. The molecule has 2 unspecified atom stereocenters. The number of hydrogen-bond acceptors (Lipinski definition) is 5. The van der Waals surface area contributed by atoms with Crippen LogP contribution in [-0.4, -0.2) is 58.9 Å². The molecule has 0 radical (unpaired) electrons. The molecular formula is C21H28ClN3O5S. The number of phenolic OH excluding ortho intramolecular Hbond substituents is 1. The number of nitrogens with zero attached hydrogens (tertiary/aromatic N) is 2. The highest BCUT2D eigenvalue weighted by Gasteiger charge is 2.50. The van der Waals surface area contributed by atoms with Crippen molar-refractivity contribution in [3.8, 4) is 5.75 Å². The summed E-state index contributed by atoms with van der Waals surface area (Å²) in [5.41, 5.74) is 1.50. The number of hydrogen-bond donors (Lipinski definition) is 2. The maximum absolute atomic E-state index is 12.7. The minimum absolute atomic E-state index is 0.0127. The molecule has 31 heavy (non-hydrogen) atoms. The van der Waals surface area contributed by atoms with E-state index in [1.54, 1.807) is 11.0 Å². The van der Waals surface area contributed by atoms with Gasteiger partial charge in [-0.05, 0) is 56.9 Å². The van der Waals surface area contributed by atoms with Gasteiger partial charge in [0, 0.05) is 5.56 Å². The monoisotopic (exact) mass is 469 g/mol. The van der Waals surface area contributed by atoms with Gasteiger partial charge < -0.3 is 14.6 Å². The number of carbonyl (C=O) groups excluding carboxylic acids is 2. The van der Waals surface area contributed by atoms with Crippen LogP contribution in [0.15, 0.2) is 18.2 Å². The Bertz CT molecular complexity index is 932. The summed E-state index contributed by atoms with van der Waals surface area (Å²) in [5, 5.41) is 10.6. The molecule has 1 heterocycles. The van der Waals surface area contributed by atoms with Crippen LogP contribution in [0.2, 0.25) is 5.02 Å². The first kappa shape index (κ1) is 23.6. The van der Waals surface area contributed by atoms with Crippen molar-refractivity contribution in [1.82, 2.24) is 9.62 Å². The number of aldehydes is 1. The van der Waals surface area contributed by atoms with Crippen molar-refractivity contribution < 1.29 is 23.6 Å². The molecule has 1 amide bonds. The Morgan fingerprint density at radius 1 is 1.48 bits per heavy atom. The Morgan fingerprint density at radius 2 is 2.16 bits per heavy atom. The molecule has 170 valence electrons. The average molecular weight is 470 g/mol. The minimum Gasteiger partial charge on any atom is -0.506 e. The van der Waals surface area contributed by atoms with Crippen LogP contribution < -0.4 is 9.03 Å². The van der Waals surface area contributed by atoms with Crippen molar-refractivity contribution in [1.29, 1.82) is 0 Å². The van der Waals surface area contributed by atoms with Gasteiger partial charge in [0.25, 0.3) is 0 Å². The number of benzene rings is 1. The molecule has 8 nitrogen and oxygen atoms in total. The number of carbonyl (C=O) groups is 2. The minimum atomic E-state index is -1.77. The van der Waals surface area contributed by atoms with Crippen LogP contribution >= 0.6 is 11.6 Å². The van der Waals surface area contributed by atoms with Crippen LogP contribution in [0.3, 0.4) is 0 Å². The fourth-order valence-electron chi connectivity index (χ4n) is 3.77. The lowest BCUT2D eigenvalue weighted by molar-refractivity contribution is -0.106. The third-order valence-electron chi connectivity index (χ3n) is 5.66. The summed E-state index contributed by atoms with van der Waals surface area (Å²) >= 11 is 4.89.